The summed E-state index contributed by atoms with van der Waals surface area (Å²) in [6.45, 7) is 1.97. The molecule has 0 radical (unpaired) electrons. The first-order valence-electron chi connectivity index (χ1n) is 5.73. The molecule has 0 spiro atoms. The topological polar surface area (TPSA) is 43.1 Å². The number of hydrogen-bond acceptors (Lipinski definition) is 3. The maximum absolute atomic E-state index is 12.8. The van der Waals surface area contributed by atoms with Crippen LogP contribution in [0.4, 0.5) is 10.1 Å². The number of hydrogen-bond donors (Lipinski definition) is 0. The van der Waals surface area contributed by atoms with Crippen LogP contribution in [-0.4, -0.2) is 4.92 Å². The summed E-state index contributed by atoms with van der Waals surface area (Å²) in [5.41, 5.74) is 0.965. The molecule has 0 aliphatic heterocycles. The summed E-state index contributed by atoms with van der Waals surface area (Å²) >= 11 is 1.54. The Morgan fingerprint density at radius 2 is 1.89 bits per heavy atom. The van der Waals surface area contributed by atoms with Crippen molar-refractivity contribution < 1.29 is 9.31 Å². The molecular formula is C14H12FNO2S. The summed E-state index contributed by atoms with van der Waals surface area (Å²) in [6, 6.07) is 12.8. The van der Waals surface area contributed by atoms with Gasteiger partial charge in [0.05, 0.1) is 4.92 Å². The van der Waals surface area contributed by atoms with Crippen molar-refractivity contribution in [3.8, 4) is 0 Å². The Kier molecular flexibility index (Phi) is 4.16. The molecule has 98 valence electrons. The van der Waals surface area contributed by atoms with E-state index < -0.39 is 4.92 Å². The lowest BCUT2D eigenvalue weighted by molar-refractivity contribution is -0.384. The fraction of sp³-hybridized carbons (Fsp3) is 0.143. The third-order valence-electron chi connectivity index (χ3n) is 2.68. The van der Waals surface area contributed by atoms with E-state index in [-0.39, 0.29) is 16.8 Å². The van der Waals surface area contributed by atoms with Gasteiger partial charge < -0.3 is 0 Å². The van der Waals surface area contributed by atoms with Crippen LogP contribution >= 0.6 is 11.8 Å². The number of non-ortho nitro benzene ring substituents is 1. The first-order chi connectivity index (χ1) is 9.06. The van der Waals surface area contributed by atoms with Crippen molar-refractivity contribution >= 4 is 17.4 Å². The van der Waals surface area contributed by atoms with Gasteiger partial charge in [0, 0.05) is 22.3 Å². The SMILES string of the molecule is CC(Sc1ccc(F)cc1)c1cccc([N+](=O)[O-])c1. The predicted molar refractivity (Wildman–Crippen MR) is 73.8 cm³/mol. The highest BCUT2D eigenvalue weighted by atomic mass is 32.2. The van der Waals surface area contributed by atoms with Gasteiger partial charge in [-0.2, -0.15) is 0 Å². The standard InChI is InChI=1S/C14H12FNO2S/c1-10(19-14-7-5-12(15)6-8-14)11-3-2-4-13(9-11)16(17)18/h2-10H,1H3. The largest absolute Gasteiger partial charge is 0.269 e. The van der Waals surface area contributed by atoms with Gasteiger partial charge in [-0.05, 0) is 36.8 Å². The molecule has 0 saturated carbocycles. The molecule has 5 heteroatoms. The molecule has 19 heavy (non-hydrogen) atoms. The van der Waals surface area contributed by atoms with E-state index >= 15 is 0 Å². The maximum atomic E-state index is 12.8. The number of nitro benzene ring substituents is 1. The van der Waals surface area contributed by atoms with E-state index in [1.54, 1.807) is 24.3 Å². The Hall–Kier alpha value is -1.88. The lowest BCUT2D eigenvalue weighted by atomic mass is 10.1. The summed E-state index contributed by atoms with van der Waals surface area (Å²) < 4.78 is 12.8. The quantitative estimate of drug-likeness (QED) is 0.466. The lowest BCUT2D eigenvalue weighted by Gasteiger charge is -2.11. The second-order valence-corrected chi connectivity index (χ2v) is 5.48. The highest BCUT2D eigenvalue weighted by Gasteiger charge is 2.12. The predicted octanol–water partition coefficient (Wildman–Crippen LogP) is 4.59. The Labute approximate surface area is 114 Å². The van der Waals surface area contributed by atoms with Crippen LogP contribution < -0.4 is 0 Å². The summed E-state index contributed by atoms with van der Waals surface area (Å²) in [7, 11) is 0. The zero-order valence-corrected chi connectivity index (χ0v) is 11.1. The van der Waals surface area contributed by atoms with E-state index in [2.05, 4.69) is 0 Å². The first kappa shape index (κ1) is 13.5. The van der Waals surface area contributed by atoms with Gasteiger partial charge in [0.25, 0.3) is 5.69 Å². The smallest absolute Gasteiger partial charge is 0.258 e. The van der Waals surface area contributed by atoms with Crippen molar-refractivity contribution in [2.75, 3.05) is 0 Å². The molecule has 1 atom stereocenters. The molecule has 3 nitrogen and oxygen atoms in total. The summed E-state index contributed by atoms with van der Waals surface area (Å²) in [4.78, 5) is 11.3. The number of thioether (sulfide) groups is 1. The molecule has 0 saturated heterocycles. The molecule has 2 aromatic rings. The van der Waals surface area contributed by atoms with E-state index in [1.165, 1.54) is 30.0 Å². The zero-order chi connectivity index (χ0) is 13.8. The van der Waals surface area contributed by atoms with Gasteiger partial charge >= 0.3 is 0 Å². The highest BCUT2D eigenvalue weighted by Crippen LogP contribution is 2.35. The van der Waals surface area contributed by atoms with Crippen molar-refractivity contribution in [1.82, 2.24) is 0 Å². The molecule has 0 aliphatic rings. The highest BCUT2D eigenvalue weighted by molar-refractivity contribution is 7.99. The molecular weight excluding hydrogens is 265 g/mol. The Morgan fingerprint density at radius 3 is 2.53 bits per heavy atom. The zero-order valence-electron chi connectivity index (χ0n) is 10.2. The number of nitrogens with zero attached hydrogens (tertiary/aromatic N) is 1. The number of rotatable bonds is 4. The number of halogens is 1. The summed E-state index contributed by atoms with van der Waals surface area (Å²) in [6.07, 6.45) is 0. The van der Waals surface area contributed by atoms with Crippen molar-refractivity contribution in [2.24, 2.45) is 0 Å². The molecule has 2 rings (SSSR count). The van der Waals surface area contributed by atoms with E-state index in [4.69, 9.17) is 0 Å². The van der Waals surface area contributed by atoms with E-state index in [1.807, 2.05) is 13.0 Å². The van der Waals surface area contributed by atoms with Crippen LogP contribution in [0.2, 0.25) is 0 Å². The molecule has 0 amide bonds. The van der Waals surface area contributed by atoms with Crippen LogP contribution in [0.1, 0.15) is 17.7 Å². The van der Waals surface area contributed by atoms with Crippen LogP contribution in [0.15, 0.2) is 53.4 Å². The average Bonchev–Trinajstić information content (AvgIpc) is 2.41. The Morgan fingerprint density at radius 1 is 1.21 bits per heavy atom. The third-order valence-corrected chi connectivity index (χ3v) is 3.85. The minimum absolute atomic E-state index is 0.0605. The molecule has 0 fully saturated rings. The van der Waals surface area contributed by atoms with Crippen LogP contribution in [-0.2, 0) is 0 Å². The normalized spacial score (nSPS) is 12.1. The van der Waals surface area contributed by atoms with Gasteiger partial charge in [0.15, 0.2) is 0 Å². The summed E-state index contributed by atoms with van der Waals surface area (Å²) in [5.74, 6) is -0.271. The lowest BCUT2D eigenvalue weighted by Crippen LogP contribution is -1.92. The van der Waals surface area contributed by atoms with Crippen molar-refractivity contribution in [3.63, 3.8) is 0 Å². The molecule has 0 aromatic heterocycles. The van der Waals surface area contributed by atoms with Crippen molar-refractivity contribution in [3.05, 3.63) is 70.0 Å². The molecule has 0 heterocycles. The molecule has 2 aromatic carbocycles. The Balaban J connectivity index is 2.15. The average molecular weight is 277 g/mol. The van der Waals surface area contributed by atoms with Crippen molar-refractivity contribution in [1.29, 1.82) is 0 Å². The van der Waals surface area contributed by atoms with Gasteiger partial charge in [-0.3, -0.25) is 10.1 Å². The van der Waals surface area contributed by atoms with E-state index in [0.29, 0.717) is 0 Å². The number of benzene rings is 2. The third kappa shape index (κ3) is 3.54. The monoisotopic (exact) mass is 277 g/mol. The van der Waals surface area contributed by atoms with Gasteiger partial charge in [0.1, 0.15) is 5.82 Å². The van der Waals surface area contributed by atoms with Crippen LogP contribution in [0.3, 0.4) is 0 Å². The van der Waals surface area contributed by atoms with Crippen molar-refractivity contribution in [2.45, 2.75) is 17.1 Å². The van der Waals surface area contributed by atoms with E-state index in [9.17, 15) is 14.5 Å². The van der Waals surface area contributed by atoms with Crippen LogP contribution in [0.5, 0.6) is 0 Å². The molecule has 1 unspecified atom stereocenters. The fourth-order valence-corrected chi connectivity index (χ4v) is 2.66. The Bertz CT molecular complexity index is 586. The molecule has 0 bridgehead atoms. The maximum Gasteiger partial charge on any atom is 0.269 e. The minimum atomic E-state index is -0.404. The minimum Gasteiger partial charge on any atom is -0.258 e. The number of nitro groups is 1. The molecule has 0 aliphatic carbocycles. The second kappa shape index (κ2) is 5.84. The van der Waals surface area contributed by atoms with Crippen LogP contribution in [0, 0.1) is 15.9 Å². The first-order valence-corrected chi connectivity index (χ1v) is 6.61. The van der Waals surface area contributed by atoms with Gasteiger partial charge in [-0.1, -0.05) is 12.1 Å². The summed E-state index contributed by atoms with van der Waals surface area (Å²) in [5, 5.41) is 10.8. The van der Waals surface area contributed by atoms with Crippen LogP contribution in [0.25, 0.3) is 0 Å². The second-order valence-electron chi connectivity index (χ2n) is 4.07. The van der Waals surface area contributed by atoms with Gasteiger partial charge in [0.2, 0.25) is 0 Å². The molecule has 0 N–H and O–H groups in total. The van der Waals surface area contributed by atoms with Gasteiger partial charge in [-0.25, -0.2) is 4.39 Å². The van der Waals surface area contributed by atoms with Gasteiger partial charge in [-0.15, -0.1) is 11.8 Å². The van der Waals surface area contributed by atoms with E-state index in [0.717, 1.165) is 10.5 Å². The fourth-order valence-electron chi connectivity index (χ4n) is 1.68.